The lowest BCUT2D eigenvalue weighted by Gasteiger charge is -2.18. The second-order valence-corrected chi connectivity index (χ2v) is 5.82. The maximum Gasteiger partial charge on any atom is 0.115 e. The van der Waals surface area contributed by atoms with Gasteiger partial charge in [0.2, 0.25) is 0 Å². The Kier molecular flexibility index (Phi) is 5.63. The molecule has 20 heavy (non-hydrogen) atoms. The Labute approximate surface area is 121 Å². The van der Waals surface area contributed by atoms with Gasteiger partial charge in [-0.1, -0.05) is 52.0 Å². The van der Waals surface area contributed by atoms with Gasteiger partial charge < -0.3 is 10.2 Å². The minimum absolute atomic E-state index is 0.174. The van der Waals surface area contributed by atoms with Crippen molar-refractivity contribution in [2.75, 3.05) is 0 Å². The van der Waals surface area contributed by atoms with Crippen LogP contribution in [0.1, 0.15) is 38.8 Å². The van der Waals surface area contributed by atoms with Crippen molar-refractivity contribution in [1.29, 1.82) is 0 Å². The highest BCUT2D eigenvalue weighted by Crippen LogP contribution is 2.23. The number of benzene rings is 2. The van der Waals surface area contributed by atoms with Crippen molar-refractivity contribution in [1.82, 2.24) is 0 Å². The average molecular weight is 272 g/mol. The van der Waals surface area contributed by atoms with Crippen LogP contribution in [-0.4, -0.2) is 10.2 Å². The van der Waals surface area contributed by atoms with E-state index in [2.05, 4.69) is 27.7 Å². The fourth-order valence-corrected chi connectivity index (χ4v) is 1.69. The fourth-order valence-electron chi connectivity index (χ4n) is 1.69. The summed E-state index contributed by atoms with van der Waals surface area (Å²) in [6, 6.07) is 14.6. The molecule has 0 aliphatic heterocycles. The van der Waals surface area contributed by atoms with Gasteiger partial charge in [0.15, 0.2) is 0 Å². The molecule has 2 rings (SSSR count). The molecule has 0 unspecified atom stereocenters. The van der Waals surface area contributed by atoms with Crippen molar-refractivity contribution in [2.24, 2.45) is 0 Å². The monoisotopic (exact) mass is 272 g/mol. The Hall–Kier alpha value is -1.96. The molecular weight excluding hydrogens is 248 g/mol. The first-order valence-corrected chi connectivity index (χ1v) is 6.90. The predicted molar refractivity (Wildman–Crippen MR) is 84.3 cm³/mol. The van der Waals surface area contributed by atoms with E-state index in [0.29, 0.717) is 11.5 Å². The van der Waals surface area contributed by atoms with E-state index in [1.54, 1.807) is 24.3 Å². The minimum Gasteiger partial charge on any atom is -0.508 e. The Morgan fingerprint density at radius 2 is 1.15 bits per heavy atom. The number of hydrogen-bond donors (Lipinski definition) is 2. The maximum absolute atomic E-state index is 9.02. The Bertz CT molecular complexity index is 505. The van der Waals surface area contributed by atoms with Gasteiger partial charge in [0.1, 0.15) is 11.5 Å². The third-order valence-electron chi connectivity index (χ3n) is 3.08. The van der Waals surface area contributed by atoms with E-state index in [-0.39, 0.29) is 5.41 Å². The van der Waals surface area contributed by atoms with Crippen LogP contribution in [-0.2, 0) is 11.8 Å². The Morgan fingerprint density at radius 1 is 0.750 bits per heavy atom. The molecule has 0 aliphatic carbocycles. The highest BCUT2D eigenvalue weighted by molar-refractivity contribution is 5.30. The normalized spacial score (nSPS) is 10.6. The molecule has 2 aromatic rings. The summed E-state index contributed by atoms with van der Waals surface area (Å²) in [5, 5.41) is 17.9. The third-order valence-corrected chi connectivity index (χ3v) is 3.08. The van der Waals surface area contributed by atoms with Crippen molar-refractivity contribution in [2.45, 2.75) is 39.5 Å². The van der Waals surface area contributed by atoms with Gasteiger partial charge in [-0.2, -0.15) is 0 Å². The molecule has 0 saturated carbocycles. The number of phenols is 2. The number of aryl methyl sites for hydroxylation is 1. The molecule has 108 valence electrons. The van der Waals surface area contributed by atoms with Crippen LogP contribution in [0.25, 0.3) is 0 Å². The largest absolute Gasteiger partial charge is 0.508 e. The van der Waals surface area contributed by atoms with Crippen molar-refractivity contribution < 1.29 is 10.2 Å². The van der Waals surface area contributed by atoms with E-state index in [1.165, 1.54) is 11.1 Å². The molecule has 0 aliphatic rings. The van der Waals surface area contributed by atoms with Gasteiger partial charge in [-0.15, -0.1) is 0 Å². The molecule has 2 heteroatoms. The minimum atomic E-state index is 0.174. The molecule has 0 amide bonds. The third kappa shape index (κ3) is 5.35. The van der Waals surface area contributed by atoms with Crippen LogP contribution in [0, 0.1) is 0 Å². The van der Waals surface area contributed by atoms with Crippen molar-refractivity contribution in [3.8, 4) is 11.5 Å². The van der Waals surface area contributed by atoms with Gasteiger partial charge in [-0.25, -0.2) is 0 Å². The van der Waals surface area contributed by atoms with E-state index < -0.39 is 0 Å². The van der Waals surface area contributed by atoms with Crippen LogP contribution < -0.4 is 0 Å². The molecule has 0 spiro atoms. The molecule has 0 heterocycles. The molecule has 0 atom stereocenters. The van der Waals surface area contributed by atoms with Crippen molar-refractivity contribution in [3.63, 3.8) is 0 Å². The maximum atomic E-state index is 9.02. The van der Waals surface area contributed by atoms with Gasteiger partial charge in [0.25, 0.3) is 0 Å². The number of hydrogen-bond acceptors (Lipinski definition) is 2. The molecule has 2 nitrogen and oxygen atoms in total. The first kappa shape index (κ1) is 16.1. The number of rotatable bonds is 1. The van der Waals surface area contributed by atoms with Crippen LogP contribution in [0.2, 0.25) is 0 Å². The van der Waals surface area contributed by atoms with Gasteiger partial charge in [-0.05, 0) is 47.2 Å². The lowest BCUT2D eigenvalue weighted by molar-refractivity contribution is 0.474. The molecule has 0 saturated heterocycles. The molecule has 0 radical (unpaired) electrons. The van der Waals surface area contributed by atoms with Crippen LogP contribution in [0.15, 0.2) is 48.5 Å². The molecular formula is C18H24O2. The van der Waals surface area contributed by atoms with Crippen molar-refractivity contribution >= 4 is 0 Å². The van der Waals surface area contributed by atoms with Crippen LogP contribution in [0.5, 0.6) is 11.5 Å². The smallest absolute Gasteiger partial charge is 0.115 e. The van der Waals surface area contributed by atoms with E-state index in [9.17, 15) is 0 Å². The Morgan fingerprint density at radius 3 is 1.50 bits per heavy atom. The quantitative estimate of drug-likeness (QED) is 0.793. The van der Waals surface area contributed by atoms with Crippen LogP contribution in [0.4, 0.5) is 0 Å². The summed E-state index contributed by atoms with van der Waals surface area (Å²) in [6.07, 6.45) is 1.03. The fraction of sp³-hybridized carbons (Fsp3) is 0.333. The zero-order valence-corrected chi connectivity index (χ0v) is 12.7. The number of phenolic OH excluding ortho intramolecular Hbond substituents is 2. The van der Waals surface area contributed by atoms with Gasteiger partial charge in [0, 0.05) is 0 Å². The second-order valence-electron chi connectivity index (χ2n) is 5.82. The summed E-state index contributed by atoms with van der Waals surface area (Å²) in [4.78, 5) is 0. The lowest BCUT2D eigenvalue weighted by atomic mass is 9.87. The van der Waals surface area contributed by atoms with Gasteiger partial charge in [0.05, 0.1) is 0 Å². The highest BCUT2D eigenvalue weighted by atomic mass is 16.3. The zero-order valence-electron chi connectivity index (χ0n) is 12.7. The summed E-state index contributed by atoms with van der Waals surface area (Å²) in [6.45, 7) is 8.55. The molecule has 2 N–H and O–H groups in total. The van der Waals surface area contributed by atoms with Crippen LogP contribution >= 0.6 is 0 Å². The van der Waals surface area contributed by atoms with Crippen LogP contribution in [0.3, 0.4) is 0 Å². The van der Waals surface area contributed by atoms with Gasteiger partial charge in [-0.3, -0.25) is 0 Å². The van der Waals surface area contributed by atoms with E-state index in [4.69, 9.17) is 10.2 Å². The lowest BCUT2D eigenvalue weighted by Crippen LogP contribution is -2.10. The zero-order chi connectivity index (χ0) is 15.2. The molecule has 0 fully saturated rings. The molecule has 0 bridgehead atoms. The summed E-state index contributed by atoms with van der Waals surface area (Å²) >= 11 is 0. The second kappa shape index (κ2) is 6.99. The van der Waals surface area contributed by atoms with Crippen molar-refractivity contribution in [3.05, 3.63) is 59.7 Å². The highest BCUT2D eigenvalue weighted by Gasteiger charge is 2.12. The van der Waals surface area contributed by atoms with Gasteiger partial charge >= 0.3 is 0 Å². The summed E-state index contributed by atoms with van der Waals surface area (Å²) in [5.41, 5.74) is 2.68. The predicted octanol–water partition coefficient (Wildman–Crippen LogP) is 4.64. The average Bonchev–Trinajstić information content (AvgIpc) is 2.40. The topological polar surface area (TPSA) is 40.5 Å². The Balaban J connectivity index is 0.000000204. The summed E-state index contributed by atoms with van der Waals surface area (Å²) in [7, 11) is 0. The van der Waals surface area contributed by atoms with E-state index in [1.807, 2.05) is 24.3 Å². The first-order chi connectivity index (χ1) is 9.32. The molecule has 0 aromatic heterocycles. The van der Waals surface area contributed by atoms with E-state index in [0.717, 1.165) is 6.42 Å². The number of aromatic hydroxyl groups is 2. The summed E-state index contributed by atoms with van der Waals surface area (Å²) in [5.74, 6) is 0.671. The molecule has 2 aromatic carbocycles. The SMILES string of the molecule is CC(C)(C)c1ccc(O)cc1.CCc1ccc(O)cc1. The standard InChI is InChI=1S/C10H14O.C8H10O/c1-10(2,3)8-4-6-9(11)7-5-8;1-2-7-3-5-8(9)6-4-7/h4-7,11H,1-3H3;3-6,9H,2H2,1H3. The summed E-state index contributed by atoms with van der Waals surface area (Å²) < 4.78 is 0. The van der Waals surface area contributed by atoms with E-state index >= 15 is 0 Å². The first-order valence-electron chi connectivity index (χ1n) is 6.90.